The Bertz CT molecular complexity index is 763. The Morgan fingerprint density at radius 2 is 1.85 bits per heavy atom. The van der Waals surface area contributed by atoms with Gasteiger partial charge in [-0.05, 0) is 28.6 Å². The van der Waals surface area contributed by atoms with Gasteiger partial charge in [-0.25, -0.2) is 9.97 Å². The SMILES string of the molecule is CC(C)c1ccc(-c2csc3nc(Cl)nc(N)c23)cc1. The summed E-state index contributed by atoms with van der Waals surface area (Å²) in [6.07, 6.45) is 0. The number of nitrogen functional groups attached to an aromatic ring is 1. The van der Waals surface area contributed by atoms with E-state index in [-0.39, 0.29) is 5.28 Å². The highest BCUT2D eigenvalue weighted by Crippen LogP contribution is 2.36. The molecule has 102 valence electrons. The van der Waals surface area contributed by atoms with Gasteiger partial charge in [0.05, 0.1) is 5.39 Å². The maximum atomic E-state index is 5.99. The van der Waals surface area contributed by atoms with Crippen LogP contribution in [0.5, 0.6) is 0 Å². The van der Waals surface area contributed by atoms with Crippen molar-refractivity contribution < 1.29 is 0 Å². The van der Waals surface area contributed by atoms with Gasteiger partial charge in [0.1, 0.15) is 10.6 Å². The van der Waals surface area contributed by atoms with Crippen LogP contribution in [-0.2, 0) is 0 Å². The molecule has 3 nitrogen and oxygen atoms in total. The van der Waals surface area contributed by atoms with Gasteiger partial charge in [-0.2, -0.15) is 0 Å². The second-order valence-electron chi connectivity index (χ2n) is 4.98. The highest BCUT2D eigenvalue weighted by atomic mass is 35.5. The van der Waals surface area contributed by atoms with Gasteiger partial charge in [0.25, 0.3) is 0 Å². The zero-order valence-electron chi connectivity index (χ0n) is 11.2. The molecule has 1 aromatic carbocycles. The van der Waals surface area contributed by atoms with Gasteiger partial charge in [0.2, 0.25) is 5.28 Å². The number of anilines is 1. The number of nitrogens with zero attached hydrogens (tertiary/aromatic N) is 2. The predicted octanol–water partition coefficient (Wildman–Crippen LogP) is 4.72. The number of hydrogen-bond donors (Lipinski definition) is 1. The van der Waals surface area contributed by atoms with Gasteiger partial charge in [-0.3, -0.25) is 0 Å². The van der Waals surface area contributed by atoms with E-state index in [4.69, 9.17) is 17.3 Å². The smallest absolute Gasteiger partial charge is 0.225 e. The van der Waals surface area contributed by atoms with Crippen LogP contribution >= 0.6 is 22.9 Å². The van der Waals surface area contributed by atoms with Crippen molar-refractivity contribution in [3.63, 3.8) is 0 Å². The molecule has 0 amide bonds. The van der Waals surface area contributed by atoms with Crippen molar-refractivity contribution in [1.82, 2.24) is 9.97 Å². The van der Waals surface area contributed by atoms with Crippen LogP contribution < -0.4 is 5.73 Å². The number of aromatic nitrogens is 2. The molecule has 0 aliphatic heterocycles. The van der Waals surface area contributed by atoms with Crippen LogP contribution in [0.3, 0.4) is 0 Å². The Morgan fingerprint density at radius 1 is 1.15 bits per heavy atom. The van der Waals surface area contributed by atoms with Crippen LogP contribution in [0.15, 0.2) is 29.6 Å². The van der Waals surface area contributed by atoms with Crippen molar-refractivity contribution in [1.29, 1.82) is 0 Å². The standard InChI is InChI=1S/C15H14ClN3S/c1-8(2)9-3-5-10(6-4-9)11-7-20-14-12(11)13(17)18-15(16)19-14/h3-8H,1-2H3,(H2,17,18,19). The van der Waals surface area contributed by atoms with E-state index in [1.54, 1.807) is 0 Å². The van der Waals surface area contributed by atoms with E-state index in [1.165, 1.54) is 16.9 Å². The van der Waals surface area contributed by atoms with Gasteiger partial charge in [0, 0.05) is 10.9 Å². The van der Waals surface area contributed by atoms with Crippen molar-refractivity contribution in [2.75, 3.05) is 5.73 Å². The summed E-state index contributed by atoms with van der Waals surface area (Å²) in [5.41, 5.74) is 9.50. The van der Waals surface area contributed by atoms with Gasteiger partial charge < -0.3 is 5.73 Å². The van der Waals surface area contributed by atoms with Crippen molar-refractivity contribution in [2.45, 2.75) is 19.8 Å². The highest BCUT2D eigenvalue weighted by molar-refractivity contribution is 7.17. The molecule has 0 spiro atoms. The van der Waals surface area contributed by atoms with E-state index in [0.717, 1.165) is 21.3 Å². The number of fused-ring (bicyclic) bond motifs is 1. The lowest BCUT2D eigenvalue weighted by Gasteiger charge is -2.07. The molecule has 0 fully saturated rings. The van der Waals surface area contributed by atoms with Crippen molar-refractivity contribution >= 4 is 39.0 Å². The van der Waals surface area contributed by atoms with E-state index in [9.17, 15) is 0 Å². The maximum Gasteiger partial charge on any atom is 0.225 e. The van der Waals surface area contributed by atoms with Crippen molar-refractivity contribution in [2.24, 2.45) is 0 Å². The summed E-state index contributed by atoms with van der Waals surface area (Å²) in [4.78, 5) is 9.09. The monoisotopic (exact) mass is 303 g/mol. The summed E-state index contributed by atoms with van der Waals surface area (Å²) < 4.78 is 0. The Labute approximate surface area is 126 Å². The van der Waals surface area contributed by atoms with Gasteiger partial charge in [-0.1, -0.05) is 38.1 Å². The van der Waals surface area contributed by atoms with Crippen molar-refractivity contribution in [3.05, 3.63) is 40.5 Å². The topological polar surface area (TPSA) is 51.8 Å². The molecule has 0 aliphatic carbocycles. The Hall–Kier alpha value is -1.65. The molecule has 2 heterocycles. The second kappa shape index (κ2) is 5.04. The van der Waals surface area contributed by atoms with Crippen LogP contribution in [-0.4, -0.2) is 9.97 Å². The summed E-state index contributed by atoms with van der Waals surface area (Å²) in [7, 11) is 0. The summed E-state index contributed by atoms with van der Waals surface area (Å²) in [6.45, 7) is 4.37. The molecule has 5 heteroatoms. The first-order valence-corrected chi connectivity index (χ1v) is 7.62. The zero-order valence-corrected chi connectivity index (χ0v) is 12.8. The van der Waals surface area contributed by atoms with Crippen LogP contribution in [0.2, 0.25) is 5.28 Å². The largest absolute Gasteiger partial charge is 0.383 e. The van der Waals surface area contributed by atoms with Crippen LogP contribution in [0, 0.1) is 0 Å². The van der Waals surface area contributed by atoms with Crippen molar-refractivity contribution in [3.8, 4) is 11.1 Å². The Morgan fingerprint density at radius 3 is 2.50 bits per heavy atom. The molecule has 0 saturated heterocycles. The third-order valence-corrected chi connectivity index (χ3v) is 4.36. The first-order valence-electron chi connectivity index (χ1n) is 6.37. The normalized spacial score (nSPS) is 11.4. The molecule has 2 N–H and O–H groups in total. The number of benzene rings is 1. The summed E-state index contributed by atoms with van der Waals surface area (Å²) >= 11 is 7.37. The third-order valence-electron chi connectivity index (χ3n) is 3.32. The van der Waals surface area contributed by atoms with Crippen LogP contribution in [0.25, 0.3) is 21.3 Å². The zero-order chi connectivity index (χ0) is 14.3. The molecular weight excluding hydrogens is 290 g/mol. The van der Waals surface area contributed by atoms with E-state index in [0.29, 0.717) is 11.7 Å². The minimum absolute atomic E-state index is 0.193. The lowest BCUT2D eigenvalue weighted by molar-refractivity contribution is 0.867. The van der Waals surface area contributed by atoms with E-state index < -0.39 is 0 Å². The molecule has 0 aliphatic rings. The molecule has 3 aromatic rings. The molecule has 3 rings (SSSR count). The minimum atomic E-state index is 0.193. The van der Waals surface area contributed by atoms with E-state index in [1.807, 2.05) is 0 Å². The quantitative estimate of drug-likeness (QED) is 0.697. The molecule has 0 bridgehead atoms. The third kappa shape index (κ3) is 2.25. The summed E-state index contributed by atoms with van der Waals surface area (Å²) in [6, 6.07) is 8.53. The van der Waals surface area contributed by atoms with Crippen LogP contribution in [0.1, 0.15) is 25.3 Å². The number of rotatable bonds is 2. The number of halogens is 1. The average Bonchev–Trinajstić information content (AvgIpc) is 2.82. The second-order valence-corrected chi connectivity index (χ2v) is 6.18. The molecule has 0 saturated carbocycles. The van der Waals surface area contributed by atoms with E-state index in [2.05, 4.69) is 53.5 Å². The highest BCUT2D eigenvalue weighted by Gasteiger charge is 2.13. The van der Waals surface area contributed by atoms with Gasteiger partial charge >= 0.3 is 0 Å². The minimum Gasteiger partial charge on any atom is -0.383 e. The lowest BCUT2D eigenvalue weighted by atomic mass is 9.99. The lowest BCUT2D eigenvalue weighted by Crippen LogP contribution is -1.94. The van der Waals surface area contributed by atoms with Gasteiger partial charge in [-0.15, -0.1) is 11.3 Å². The van der Waals surface area contributed by atoms with Gasteiger partial charge in [0.15, 0.2) is 0 Å². The fraction of sp³-hybridized carbons (Fsp3) is 0.200. The molecular formula is C15H14ClN3S. The first-order chi connectivity index (χ1) is 9.56. The Balaban J connectivity index is 2.15. The van der Waals surface area contributed by atoms with Crippen LogP contribution in [0.4, 0.5) is 5.82 Å². The maximum absolute atomic E-state index is 5.99. The number of thiophene rings is 1. The fourth-order valence-electron chi connectivity index (χ4n) is 2.20. The summed E-state index contributed by atoms with van der Waals surface area (Å²) in [5.74, 6) is 0.958. The predicted molar refractivity (Wildman–Crippen MR) is 86.4 cm³/mol. The Kier molecular flexibility index (Phi) is 3.36. The first kappa shape index (κ1) is 13.3. The average molecular weight is 304 g/mol. The number of hydrogen-bond acceptors (Lipinski definition) is 4. The fourth-order valence-corrected chi connectivity index (χ4v) is 3.38. The molecule has 0 unspecified atom stereocenters. The molecule has 20 heavy (non-hydrogen) atoms. The molecule has 2 aromatic heterocycles. The summed E-state index contributed by atoms with van der Waals surface area (Å²) in [5, 5.41) is 3.13. The molecule has 0 radical (unpaired) electrons. The van der Waals surface area contributed by atoms with E-state index >= 15 is 0 Å². The molecule has 0 atom stereocenters. The number of nitrogens with two attached hydrogens (primary N) is 1.